The van der Waals surface area contributed by atoms with Gasteiger partial charge in [-0.1, -0.05) is 22.9 Å². The lowest BCUT2D eigenvalue weighted by molar-refractivity contribution is 0.249. The Balaban J connectivity index is 2.18. The van der Waals surface area contributed by atoms with Crippen molar-refractivity contribution >= 4 is 26.0 Å². The monoisotopic (exact) mass is 349 g/mol. The Morgan fingerprint density at radius 1 is 1.53 bits per heavy atom. The summed E-state index contributed by atoms with van der Waals surface area (Å²) < 4.78 is 27.6. The van der Waals surface area contributed by atoms with E-state index in [1.54, 1.807) is 6.92 Å². The minimum Gasteiger partial charge on any atom is -0.332 e. The van der Waals surface area contributed by atoms with Gasteiger partial charge in [-0.05, 0) is 38.5 Å². The SMILES string of the molecule is Cc1ncc(S(=O)(=O)NC2(CBr)CCC(C)CC2)[nH]1. The summed E-state index contributed by atoms with van der Waals surface area (Å²) in [6, 6.07) is 0. The summed E-state index contributed by atoms with van der Waals surface area (Å²) in [7, 11) is -3.53. The maximum Gasteiger partial charge on any atom is 0.258 e. The fourth-order valence-electron chi connectivity index (χ4n) is 2.45. The molecule has 2 rings (SSSR count). The average Bonchev–Trinajstić information content (AvgIpc) is 2.80. The van der Waals surface area contributed by atoms with Crippen molar-refractivity contribution in [3.8, 4) is 0 Å². The fourth-order valence-corrected chi connectivity index (χ4v) is 4.77. The number of aromatic nitrogens is 2. The lowest BCUT2D eigenvalue weighted by Gasteiger charge is -2.38. The standard InChI is InChI=1S/C12H20BrN3O2S/c1-9-3-5-12(8-13,6-4-9)16-19(17,18)11-7-14-10(2)15-11/h7,9,16H,3-6,8H2,1-2H3,(H,14,15). The molecule has 1 aromatic heterocycles. The number of nitrogens with one attached hydrogen (secondary N) is 2. The van der Waals surface area contributed by atoms with Crippen molar-refractivity contribution < 1.29 is 8.42 Å². The molecule has 1 saturated carbocycles. The van der Waals surface area contributed by atoms with Crippen LogP contribution < -0.4 is 4.72 Å². The van der Waals surface area contributed by atoms with E-state index in [0.717, 1.165) is 25.7 Å². The first kappa shape index (κ1) is 15.0. The third-order valence-corrected chi connectivity index (χ3v) is 6.37. The highest BCUT2D eigenvalue weighted by Crippen LogP contribution is 2.34. The predicted octanol–water partition coefficient (Wildman–Crippen LogP) is 2.34. The molecular weight excluding hydrogens is 330 g/mol. The number of halogens is 1. The largest absolute Gasteiger partial charge is 0.332 e. The quantitative estimate of drug-likeness (QED) is 0.819. The number of H-pyrrole nitrogens is 1. The predicted molar refractivity (Wildman–Crippen MR) is 77.8 cm³/mol. The van der Waals surface area contributed by atoms with Gasteiger partial charge >= 0.3 is 0 Å². The number of hydrogen-bond acceptors (Lipinski definition) is 3. The second-order valence-corrected chi connectivity index (χ2v) is 7.75. The van der Waals surface area contributed by atoms with Gasteiger partial charge in [0.2, 0.25) is 0 Å². The number of sulfonamides is 1. The van der Waals surface area contributed by atoms with Crippen LogP contribution in [0.4, 0.5) is 0 Å². The second-order valence-electron chi connectivity index (χ2n) is 5.53. The molecule has 0 spiro atoms. The van der Waals surface area contributed by atoms with Gasteiger partial charge < -0.3 is 4.98 Å². The number of rotatable bonds is 4. The Bertz CT molecular complexity index is 533. The van der Waals surface area contributed by atoms with E-state index in [2.05, 4.69) is 37.5 Å². The normalized spacial score (nSPS) is 28.5. The maximum absolute atomic E-state index is 12.4. The average molecular weight is 350 g/mol. The lowest BCUT2D eigenvalue weighted by atomic mass is 9.79. The van der Waals surface area contributed by atoms with E-state index in [1.165, 1.54) is 6.20 Å². The Morgan fingerprint density at radius 3 is 2.63 bits per heavy atom. The molecule has 108 valence electrons. The molecule has 19 heavy (non-hydrogen) atoms. The van der Waals surface area contributed by atoms with Crippen molar-refractivity contribution in [2.75, 3.05) is 5.33 Å². The van der Waals surface area contributed by atoms with E-state index >= 15 is 0 Å². The number of aromatic amines is 1. The van der Waals surface area contributed by atoms with Gasteiger partial charge in [0.05, 0.1) is 6.20 Å². The molecule has 0 bridgehead atoms. The summed E-state index contributed by atoms with van der Waals surface area (Å²) in [6.45, 7) is 3.95. The Morgan fingerprint density at radius 2 is 2.16 bits per heavy atom. The molecular formula is C12H20BrN3O2S. The highest BCUT2D eigenvalue weighted by atomic mass is 79.9. The summed E-state index contributed by atoms with van der Waals surface area (Å²) in [5.41, 5.74) is -0.371. The van der Waals surface area contributed by atoms with Gasteiger partial charge in [0, 0.05) is 10.9 Å². The van der Waals surface area contributed by atoms with Gasteiger partial charge in [-0.15, -0.1) is 0 Å². The number of aryl methyl sites for hydroxylation is 1. The van der Waals surface area contributed by atoms with Crippen LogP contribution in [0.15, 0.2) is 11.2 Å². The molecule has 1 fully saturated rings. The smallest absolute Gasteiger partial charge is 0.258 e. The van der Waals surface area contributed by atoms with E-state index in [9.17, 15) is 8.42 Å². The molecule has 0 radical (unpaired) electrons. The van der Waals surface area contributed by atoms with Crippen molar-refractivity contribution in [2.45, 2.75) is 50.1 Å². The van der Waals surface area contributed by atoms with Crippen molar-refractivity contribution in [3.05, 3.63) is 12.0 Å². The zero-order valence-electron chi connectivity index (χ0n) is 11.2. The molecule has 1 aliphatic rings. The number of alkyl halides is 1. The van der Waals surface area contributed by atoms with Crippen molar-refractivity contribution in [3.63, 3.8) is 0 Å². The highest BCUT2D eigenvalue weighted by Gasteiger charge is 2.37. The Kier molecular flexibility index (Phi) is 4.37. The topological polar surface area (TPSA) is 74.8 Å². The molecule has 1 aliphatic carbocycles. The summed E-state index contributed by atoms with van der Waals surface area (Å²) in [5, 5.41) is 0.781. The molecule has 7 heteroatoms. The molecule has 1 aromatic rings. The van der Waals surface area contributed by atoms with Crippen LogP contribution in [0.5, 0.6) is 0 Å². The molecule has 1 heterocycles. The van der Waals surface area contributed by atoms with E-state index in [4.69, 9.17) is 0 Å². The molecule has 5 nitrogen and oxygen atoms in total. The van der Waals surface area contributed by atoms with E-state index in [0.29, 0.717) is 17.1 Å². The first-order chi connectivity index (χ1) is 8.87. The third kappa shape index (κ3) is 3.38. The van der Waals surface area contributed by atoms with Crippen molar-refractivity contribution in [1.29, 1.82) is 0 Å². The third-order valence-electron chi connectivity index (χ3n) is 3.81. The first-order valence-electron chi connectivity index (χ1n) is 6.48. The molecule has 0 aliphatic heterocycles. The van der Waals surface area contributed by atoms with Gasteiger partial charge in [0.25, 0.3) is 10.0 Å². The minimum absolute atomic E-state index is 0.143. The molecule has 0 saturated heterocycles. The highest BCUT2D eigenvalue weighted by molar-refractivity contribution is 9.09. The molecule has 0 amide bonds. The van der Waals surface area contributed by atoms with E-state index in [-0.39, 0.29) is 10.6 Å². The zero-order chi connectivity index (χ0) is 14.1. The van der Waals surface area contributed by atoms with Crippen LogP contribution >= 0.6 is 15.9 Å². The molecule has 0 aromatic carbocycles. The van der Waals surface area contributed by atoms with Gasteiger partial charge in [-0.25, -0.2) is 18.1 Å². The fraction of sp³-hybridized carbons (Fsp3) is 0.750. The zero-order valence-corrected chi connectivity index (χ0v) is 13.6. The summed E-state index contributed by atoms with van der Waals surface area (Å²) in [6.07, 6.45) is 5.20. The number of hydrogen-bond donors (Lipinski definition) is 2. The van der Waals surface area contributed by atoms with Crippen LogP contribution in [0, 0.1) is 12.8 Å². The molecule has 0 atom stereocenters. The molecule has 2 N–H and O–H groups in total. The van der Waals surface area contributed by atoms with Crippen LogP contribution in [0.2, 0.25) is 0 Å². The summed E-state index contributed by atoms with van der Waals surface area (Å²) in [4.78, 5) is 6.73. The van der Waals surface area contributed by atoms with Gasteiger partial charge in [-0.2, -0.15) is 0 Å². The molecule has 0 unspecified atom stereocenters. The summed E-state index contributed by atoms with van der Waals surface area (Å²) >= 11 is 3.47. The first-order valence-corrected chi connectivity index (χ1v) is 9.09. The van der Waals surface area contributed by atoms with Gasteiger partial charge in [0.1, 0.15) is 5.82 Å². The summed E-state index contributed by atoms with van der Waals surface area (Å²) in [5.74, 6) is 1.27. The number of nitrogens with zero attached hydrogens (tertiary/aromatic N) is 1. The van der Waals surface area contributed by atoms with Gasteiger partial charge in [0.15, 0.2) is 5.03 Å². The van der Waals surface area contributed by atoms with Crippen molar-refractivity contribution in [2.24, 2.45) is 5.92 Å². The maximum atomic E-state index is 12.4. The van der Waals surface area contributed by atoms with Crippen molar-refractivity contribution in [1.82, 2.24) is 14.7 Å². The lowest BCUT2D eigenvalue weighted by Crippen LogP contribution is -2.51. The second kappa shape index (κ2) is 5.54. The minimum atomic E-state index is -3.53. The number of imidazole rings is 1. The van der Waals surface area contributed by atoms with Crippen LogP contribution in [-0.2, 0) is 10.0 Å². The van der Waals surface area contributed by atoms with E-state index < -0.39 is 10.0 Å². The van der Waals surface area contributed by atoms with Crippen LogP contribution in [0.3, 0.4) is 0 Å². The van der Waals surface area contributed by atoms with Crippen LogP contribution in [0.1, 0.15) is 38.4 Å². The Hall–Kier alpha value is -0.400. The van der Waals surface area contributed by atoms with Crippen LogP contribution in [0.25, 0.3) is 0 Å². The Labute approximate surface area is 122 Å². The van der Waals surface area contributed by atoms with E-state index in [1.807, 2.05) is 0 Å². The van der Waals surface area contributed by atoms with Gasteiger partial charge in [-0.3, -0.25) is 0 Å². The van der Waals surface area contributed by atoms with Crippen LogP contribution in [-0.4, -0.2) is 29.3 Å².